The first-order valence-electron chi connectivity index (χ1n) is 10.7. The number of morpholine rings is 1. The SMILES string of the molecule is O=C1Nc2ccc(Br)cc2/C1=N/N=CC1=C(N2CCOCC2)/C(=C\c2ccccc2)CC1. The minimum absolute atomic E-state index is 0.228. The van der Waals surface area contributed by atoms with Crippen molar-refractivity contribution in [2.24, 2.45) is 10.2 Å². The Balaban J connectivity index is 1.48. The molecule has 0 saturated carbocycles. The highest BCUT2D eigenvalue weighted by Crippen LogP contribution is 2.35. The number of amides is 1. The Hall–Kier alpha value is -3.03. The summed E-state index contributed by atoms with van der Waals surface area (Å²) >= 11 is 3.46. The average Bonchev–Trinajstić information content (AvgIpc) is 3.35. The molecule has 0 aromatic heterocycles. The Morgan fingerprint density at radius 1 is 1.06 bits per heavy atom. The molecule has 5 rings (SSSR count). The van der Waals surface area contributed by atoms with Gasteiger partial charge >= 0.3 is 0 Å². The highest BCUT2D eigenvalue weighted by atomic mass is 79.9. The number of hydrogen-bond donors (Lipinski definition) is 1. The van der Waals surface area contributed by atoms with Gasteiger partial charge in [0.1, 0.15) is 0 Å². The number of rotatable bonds is 4. The van der Waals surface area contributed by atoms with Gasteiger partial charge in [-0.3, -0.25) is 4.79 Å². The fourth-order valence-electron chi connectivity index (χ4n) is 4.30. The van der Waals surface area contributed by atoms with Crippen molar-refractivity contribution in [3.8, 4) is 0 Å². The number of allylic oxidation sites excluding steroid dienone is 2. The van der Waals surface area contributed by atoms with E-state index >= 15 is 0 Å². The summed E-state index contributed by atoms with van der Waals surface area (Å²) in [4.78, 5) is 14.7. The summed E-state index contributed by atoms with van der Waals surface area (Å²) in [6.45, 7) is 3.16. The summed E-state index contributed by atoms with van der Waals surface area (Å²) < 4.78 is 6.46. The molecule has 2 aliphatic heterocycles. The number of carbonyl (C=O) groups is 1. The number of fused-ring (bicyclic) bond motifs is 1. The fraction of sp³-hybridized carbons (Fsp3) is 0.240. The zero-order valence-corrected chi connectivity index (χ0v) is 19.1. The van der Waals surface area contributed by atoms with Gasteiger partial charge in [-0.15, -0.1) is 5.10 Å². The second-order valence-electron chi connectivity index (χ2n) is 7.89. The third kappa shape index (κ3) is 4.31. The normalized spacial score (nSPS) is 21.2. The predicted molar refractivity (Wildman–Crippen MR) is 131 cm³/mol. The average molecular weight is 491 g/mol. The van der Waals surface area contributed by atoms with E-state index in [1.807, 2.05) is 30.5 Å². The lowest BCUT2D eigenvalue weighted by Crippen LogP contribution is -2.36. The lowest BCUT2D eigenvalue weighted by Gasteiger charge is -2.31. The van der Waals surface area contributed by atoms with Gasteiger partial charge in [-0.05, 0) is 53.8 Å². The van der Waals surface area contributed by atoms with Crippen LogP contribution in [0.25, 0.3) is 6.08 Å². The highest BCUT2D eigenvalue weighted by Gasteiger charge is 2.27. The van der Waals surface area contributed by atoms with Gasteiger partial charge in [0.05, 0.1) is 25.1 Å². The summed E-state index contributed by atoms with van der Waals surface area (Å²) in [5.74, 6) is -0.228. The Bertz CT molecular complexity index is 1160. The molecule has 2 heterocycles. The molecule has 0 spiro atoms. The van der Waals surface area contributed by atoms with E-state index in [2.05, 4.69) is 66.7 Å². The van der Waals surface area contributed by atoms with Gasteiger partial charge in [0.25, 0.3) is 5.91 Å². The van der Waals surface area contributed by atoms with Gasteiger partial charge in [0.15, 0.2) is 5.71 Å². The van der Waals surface area contributed by atoms with Crippen molar-refractivity contribution in [2.45, 2.75) is 12.8 Å². The summed E-state index contributed by atoms with van der Waals surface area (Å²) in [5.41, 5.74) is 6.72. The van der Waals surface area contributed by atoms with Crippen molar-refractivity contribution >= 4 is 45.5 Å². The second kappa shape index (κ2) is 9.22. The van der Waals surface area contributed by atoms with Gasteiger partial charge in [-0.1, -0.05) is 46.3 Å². The molecule has 0 unspecified atom stereocenters. The minimum Gasteiger partial charge on any atom is -0.378 e. The van der Waals surface area contributed by atoms with Crippen molar-refractivity contribution < 1.29 is 9.53 Å². The number of benzene rings is 2. The quantitative estimate of drug-likeness (QED) is 0.501. The van der Waals surface area contributed by atoms with Crippen LogP contribution >= 0.6 is 15.9 Å². The minimum atomic E-state index is -0.228. The van der Waals surface area contributed by atoms with Gasteiger partial charge in [-0.2, -0.15) is 5.10 Å². The van der Waals surface area contributed by atoms with Crippen LogP contribution in [0.4, 0.5) is 5.69 Å². The molecule has 0 atom stereocenters. The Kier molecular flexibility index (Phi) is 6.01. The van der Waals surface area contributed by atoms with Gasteiger partial charge in [0.2, 0.25) is 0 Å². The van der Waals surface area contributed by atoms with Crippen molar-refractivity contribution in [3.05, 3.63) is 81.0 Å². The highest BCUT2D eigenvalue weighted by molar-refractivity contribution is 9.10. The van der Waals surface area contributed by atoms with Crippen LogP contribution in [0.2, 0.25) is 0 Å². The van der Waals surface area contributed by atoms with E-state index in [1.54, 1.807) is 0 Å². The van der Waals surface area contributed by atoms with Gasteiger partial charge < -0.3 is 15.0 Å². The maximum absolute atomic E-state index is 12.4. The van der Waals surface area contributed by atoms with E-state index in [9.17, 15) is 4.79 Å². The third-order valence-corrected chi connectivity index (χ3v) is 6.30. The summed E-state index contributed by atoms with van der Waals surface area (Å²) in [6.07, 6.45) is 5.92. The molecule has 1 fully saturated rings. The molecule has 1 N–H and O–H groups in total. The van der Waals surface area contributed by atoms with Crippen LogP contribution in [0.15, 0.2) is 80.0 Å². The van der Waals surface area contributed by atoms with Gasteiger partial charge in [0, 0.05) is 28.8 Å². The monoisotopic (exact) mass is 490 g/mol. The largest absolute Gasteiger partial charge is 0.378 e. The maximum atomic E-state index is 12.4. The van der Waals surface area contributed by atoms with Crippen molar-refractivity contribution in [3.63, 3.8) is 0 Å². The summed E-state index contributed by atoms with van der Waals surface area (Å²) in [7, 11) is 0. The molecule has 3 aliphatic rings. The molecular formula is C25H23BrN4O2. The Labute approximate surface area is 195 Å². The van der Waals surface area contributed by atoms with Crippen molar-refractivity contribution in [2.75, 3.05) is 31.6 Å². The van der Waals surface area contributed by atoms with Gasteiger partial charge in [-0.25, -0.2) is 0 Å². The zero-order chi connectivity index (χ0) is 21.9. The van der Waals surface area contributed by atoms with Crippen LogP contribution in [0.3, 0.4) is 0 Å². The first kappa shape index (κ1) is 20.8. The molecule has 1 amide bonds. The molecule has 2 aromatic carbocycles. The Morgan fingerprint density at radius 3 is 2.69 bits per heavy atom. The summed E-state index contributed by atoms with van der Waals surface area (Å²) in [5, 5.41) is 11.5. The molecule has 162 valence electrons. The zero-order valence-electron chi connectivity index (χ0n) is 17.6. The molecule has 0 radical (unpaired) electrons. The number of anilines is 1. The number of halogens is 1. The van der Waals surface area contributed by atoms with Crippen LogP contribution < -0.4 is 5.32 Å². The lowest BCUT2D eigenvalue weighted by atomic mass is 10.1. The first-order chi connectivity index (χ1) is 15.7. The van der Waals surface area contributed by atoms with E-state index < -0.39 is 0 Å². The molecule has 0 bridgehead atoms. The molecule has 32 heavy (non-hydrogen) atoms. The molecule has 2 aromatic rings. The van der Waals surface area contributed by atoms with Crippen LogP contribution in [0.5, 0.6) is 0 Å². The molecule has 1 saturated heterocycles. The maximum Gasteiger partial charge on any atom is 0.276 e. The molecule has 1 aliphatic carbocycles. The van der Waals surface area contributed by atoms with E-state index in [0.29, 0.717) is 5.71 Å². The van der Waals surface area contributed by atoms with Crippen LogP contribution in [-0.4, -0.2) is 49.0 Å². The van der Waals surface area contributed by atoms with Crippen molar-refractivity contribution in [1.82, 2.24) is 4.90 Å². The number of ether oxygens (including phenoxy) is 1. The van der Waals surface area contributed by atoms with E-state index in [-0.39, 0.29) is 5.91 Å². The lowest BCUT2D eigenvalue weighted by molar-refractivity contribution is -0.110. The number of nitrogens with zero attached hydrogens (tertiary/aromatic N) is 3. The number of carbonyl (C=O) groups excluding carboxylic acids is 1. The van der Waals surface area contributed by atoms with Crippen LogP contribution in [0, 0.1) is 0 Å². The fourth-order valence-corrected chi connectivity index (χ4v) is 4.66. The summed E-state index contributed by atoms with van der Waals surface area (Å²) in [6, 6.07) is 16.0. The van der Waals surface area contributed by atoms with Crippen LogP contribution in [-0.2, 0) is 9.53 Å². The number of hydrogen-bond acceptors (Lipinski definition) is 5. The molecule has 7 heteroatoms. The second-order valence-corrected chi connectivity index (χ2v) is 8.81. The molecule has 6 nitrogen and oxygen atoms in total. The topological polar surface area (TPSA) is 66.3 Å². The van der Waals surface area contributed by atoms with Crippen molar-refractivity contribution in [1.29, 1.82) is 0 Å². The third-order valence-electron chi connectivity index (χ3n) is 5.81. The predicted octanol–water partition coefficient (Wildman–Crippen LogP) is 4.64. The van der Waals surface area contributed by atoms with E-state index in [4.69, 9.17) is 4.74 Å². The van der Waals surface area contributed by atoms with E-state index in [1.165, 1.54) is 16.8 Å². The standard InChI is InChI=1S/C25H23BrN4O2/c26-20-8-9-22-21(15-20)23(25(31)28-22)29-27-16-19-7-6-18(14-17-4-2-1-3-5-17)24(19)30-10-12-32-13-11-30/h1-5,8-9,14-16H,6-7,10-13H2,(H,28,29,31)/b18-14-,27-16?. The number of nitrogens with one attached hydrogen (secondary N) is 1. The van der Waals surface area contributed by atoms with Crippen LogP contribution in [0.1, 0.15) is 24.0 Å². The molecular weight excluding hydrogens is 468 g/mol. The first-order valence-corrected chi connectivity index (χ1v) is 11.5. The Morgan fingerprint density at radius 2 is 1.88 bits per heavy atom. The smallest absolute Gasteiger partial charge is 0.276 e. The van der Waals surface area contributed by atoms with E-state index in [0.717, 1.165) is 60.4 Å².